The number of hydrogen-bond donors (Lipinski definition) is 5. The van der Waals surface area contributed by atoms with Crippen molar-refractivity contribution in [2.45, 2.75) is 50.0 Å². The van der Waals surface area contributed by atoms with Crippen LogP contribution in [0.15, 0.2) is 60.7 Å². The Kier molecular flexibility index (Phi) is 8.17. The Morgan fingerprint density at radius 2 is 1.70 bits per heavy atom. The average molecular weight is 602 g/mol. The van der Waals surface area contributed by atoms with Gasteiger partial charge in [-0.3, -0.25) is 0 Å². The van der Waals surface area contributed by atoms with Crippen molar-refractivity contribution in [2.24, 2.45) is 0 Å². The molecule has 5 N–H and O–H groups in total. The van der Waals surface area contributed by atoms with Crippen LogP contribution in [-0.2, 0) is 14.3 Å². The predicted molar refractivity (Wildman–Crippen MR) is 161 cm³/mol. The minimum atomic E-state index is -1.17. The van der Waals surface area contributed by atoms with Crippen LogP contribution in [-0.4, -0.2) is 69.7 Å². The highest BCUT2D eigenvalue weighted by Gasteiger charge is 2.34. The van der Waals surface area contributed by atoms with Gasteiger partial charge in [-0.2, -0.15) is 0 Å². The summed E-state index contributed by atoms with van der Waals surface area (Å²) in [5.41, 5.74) is 5.25. The highest BCUT2D eigenvalue weighted by Crippen LogP contribution is 2.45. The number of halogens is 1. The lowest BCUT2D eigenvalue weighted by atomic mass is 9.89. The number of benzene rings is 3. The van der Waals surface area contributed by atoms with Gasteiger partial charge in [-0.25, -0.2) is 14.0 Å². The van der Waals surface area contributed by atoms with Crippen LogP contribution in [0, 0.1) is 11.2 Å². The minimum Gasteiger partial charge on any atom is -0.479 e. The number of nitrogens with one attached hydrogen (secondary N) is 2. The van der Waals surface area contributed by atoms with Gasteiger partial charge in [-0.05, 0) is 66.9 Å². The highest BCUT2D eigenvalue weighted by molar-refractivity contribution is 6.05. The second-order valence-electron chi connectivity index (χ2n) is 11.2. The molecule has 44 heavy (non-hydrogen) atoms. The minimum absolute atomic E-state index is 0.0184. The maximum Gasteiger partial charge on any atom is 0.335 e. The van der Waals surface area contributed by atoms with Gasteiger partial charge in [0, 0.05) is 71.8 Å². The van der Waals surface area contributed by atoms with Crippen LogP contribution in [0.5, 0.6) is 0 Å². The summed E-state index contributed by atoms with van der Waals surface area (Å²) in [5.74, 6) is -2.51. The second kappa shape index (κ2) is 12.2. The molecule has 0 radical (unpaired) electrons. The van der Waals surface area contributed by atoms with Gasteiger partial charge in [0.05, 0.1) is 17.2 Å². The Balaban J connectivity index is 1.59. The van der Waals surface area contributed by atoms with E-state index < -0.39 is 30.4 Å². The maximum atomic E-state index is 14.1. The van der Waals surface area contributed by atoms with E-state index in [9.17, 15) is 29.3 Å². The van der Waals surface area contributed by atoms with E-state index in [4.69, 9.17) is 14.9 Å². The molecule has 0 spiro atoms. The molecule has 0 aliphatic carbocycles. The Morgan fingerprint density at radius 3 is 2.34 bits per heavy atom. The van der Waals surface area contributed by atoms with Crippen LogP contribution in [0.3, 0.4) is 0 Å². The van der Waals surface area contributed by atoms with Crippen molar-refractivity contribution in [2.75, 3.05) is 18.5 Å². The number of aliphatic carboxylic acids is 1. The number of fused-ring (bicyclic) bond motifs is 1. The Bertz CT molecular complexity index is 1710. The van der Waals surface area contributed by atoms with Gasteiger partial charge >= 0.3 is 11.9 Å². The summed E-state index contributed by atoms with van der Waals surface area (Å²) in [5, 5.41) is 41.6. The van der Waals surface area contributed by atoms with Crippen molar-refractivity contribution in [3.05, 3.63) is 83.3 Å². The number of carboxylic acids is 2. The quantitative estimate of drug-likeness (QED) is 0.169. The number of rotatable bonds is 8. The zero-order valence-electron chi connectivity index (χ0n) is 23.7. The third-order valence-electron chi connectivity index (χ3n) is 8.34. The van der Waals surface area contributed by atoms with E-state index in [2.05, 4.69) is 9.88 Å². The van der Waals surface area contributed by atoms with Crippen LogP contribution >= 0.6 is 0 Å². The summed E-state index contributed by atoms with van der Waals surface area (Å²) in [6.45, 7) is 1.13. The lowest BCUT2D eigenvalue weighted by Crippen LogP contribution is -2.43. The molecule has 4 aromatic rings. The van der Waals surface area contributed by atoms with Gasteiger partial charge in [0.25, 0.3) is 0 Å². The predicted octanol–water partition coefficient (Wildman–Crippen LogP) is 5.39. The standard InChI is InChI=1S/C33H32FN3O7/c34-22-5-7-23(8-6-22)37-27-13-21(17-35)26(36-29-15-24(38)14-28(44-29)33(41)42)16-25(27)30(31(37)19-9-11-43-12-10-19)18-1-3-20(4-2-18)32(39)40/h1-8,13,16-17,19,24,28-29,35-36,38H,9-12,14-15H2,(H,39,40)(H,41,42). The number of carbonyl (C=O) groups is 2. The Labute approximate surface area is 252 Å². The van der Waals surface area contributed by atoms with Crippen LogP contribution in [0.1, 0.15) is 53.2 Å². The van der Waals surface area contributed by atoms with E-state index in [-0.39, 0.29) is 30.1 Å². The summed E-state index contributed by atoms with van der Waals surface area (Å²) in [7, 11) is 0. The molecule has 0 saturated carbocycles. The molecule has 3 heterocycles. The second-order valence-corrected chi connectivity index (χ2v) is 11.2. The first-order chi connectivity index (χ1) is 21.2. The van der Waals surface area contributed by atoms with E-state index in [1.54, 1.807) is 36.4 Å². The summed E-state index contributed by atoms with van der Waals surface area (Å²) in [4.78, 5) is 23.3. The van der Waals surface area contributed by atoms with Gasteiger partial charge < -0.3 is 40.1 Å². The number of aromatic nitrogens is 1. The molecule has 2 fully saturated rings. The first kappa shape index (κ1) is 29.5. The summed E-state index contributed by atoms with van der Waals surface area (Å²) >= 11 is 0. The molecule has 0 amide bonds. The largest absolute Gasteiger partial charge is 0.479 e. The number of hydrogen-bond acceptors (Lipinski definition) is 7. The van der Waals surface area contributed by atoms with Gasteiger partial charge in [-0.1, -0.05) is 12.1 Å². The first-order valence-corrected chi connectivity index (χ1v) is 14.5. The number of ether oxygens (including phenoxy) is 2. The molecular weight excluding hydrogens is 569 g/mol. The zero-order valence-corrected chi connectivity index (χ0v) is 23.7. The third kappa shape index (κ3) is 5.69. The van der Waals surface area contributed by atoms with Gasteiger partial charge in [0.15, 0.2) is 6.10 Å². The number of aliphatic hydroxyl groups is 1. The molecule has 10 nitrogen and oxygen atoms in total. The first-order valence-electron chi connectivity index (χ1n) is 14.5. The third-order valence-corrected chi connectivity index (χ3v) is 8.34. The number of aromatic carboxylic acids is 1. The lowest BCUT2D eigenvalue weighted by molar-refractivity contribution is -0.163. The number of nitrogens with zero attached hydrogens (tertiary/aromatic N) is 1. The van der Waals surface area contributed by atoms with E-state index in [1.807, 2.05) is 12.1 Å². The Morgan fingerprint density at radius 1 is 1.00 bits per heavy atom. The molecule has 2 saturated heterocycles. The van der Waals surface area contributed by atoms with Crippen LogP contribution in [0.2, 0.25) is 0 Å². The van der Waals surface area contributed by atoms with Crippen molar-refractivity contribution in [3.8, 4) is 16.8 Å². The SMILES string of the molecule is N=Cc1cc2c(cc1NC1CC(O)CC(C(=O)O)O1)c(-c1ccc(C(=O)O)cc1)c(C1CCOCC1)n2-c1ccc(F)cc1. The summed E-state index contributed by atoms with van der Waals surface area (Å²) in [6, 6.07) is 16.6. The van der Waals surface area contributed by atoms with Crippen molar-refractivity contribution in [3.63, 3.8) is 0 Å². The van der Waals surface area contributed by atoms with Gasteiger partial charge in [0.1, 0.15) is 12.0 Å². The fourth-order valence-corrected chi connectivity index (χ4v) is 6.25. The van der Waals surface area contributed by atoms with Gasteiger partial charge in [0.2, 0.25) is 0 Å². The monoisotopic (exact) mass is 601 g/mol. The molecule has 2 aliphatic rings. The highest BCUT2D eigenvalue weighted by atomic mass is 19.1. The summed E-state index contributed by atoms with van der Waals surface area (Å²) in [6.07, 6.45) is -0.0581. The smallest absolute Gasteiger partial charge is 0.335 e. The number of anilines is 1. The van der Waals surface area contributed by atoms with Crippen molar-refractivity contribution < 1.29 is 38.8 Å². The Hall–Kier alpha value is -4.58. The molecule has 3 unspecified atom stereocenters. The average Bonchev–Trinajstić information content (AvgIpc) is 3.35. The topological polar surface area (TPSA) is 154 Å². The summed E-state index contributed by atoms with van der Waals surface area (Å²) < 4.78 is 27.5. The van der Waals surface area contributed by atoms with Crippen LogP contribution in [0.4, 0.5) is 10.1 Å². The molecular formula is C33H32FN3O7. The van der Waals surface area contributed by atoms with Gasteiger partial charge in [-0.15, -0.1) is 0 Å². The van der Waals surface area contributed by atoms with E-state index in [0.717, 1.165) is 46.3 Å². The molecule has 6 rings (SSSR count). The zero-order chi connectivity index (χ0) is 31.0. The van der Waals surface area contributed by atoms with E-state index >= 15 is 0 Å². The van der Waals surface area contributed by atoms with Crippen LogP contribution < -0.4 is 5.32 Å². The number of carboxylic acid groups (broad SMARTS) is 2. The molecule has 3 atom stereocenters. The molecule has 2 aliphatic heterocycles. The van der Waals surface area contributed by atoms with Crippen LogP contribution in [0.25, 0.3) is 27.7 Å². The fourth-order valence-electron chi connectivity index (χ4n) is 6.25. The molecule has 3 aromatic carbocycles. The van der Waals surface area contributed by atoms with Crippen molar-refractivity contribution >= 4 is 34.7 Å². The normalized spacial score (nSPS) is 20.8. The molecule has 11 heteroatoms. The van der Waals surface area contributed by atoms with Crippen molar-refractivity contribution in [1.82, 2.24) is 4.57 Å². The molecule has 228 valence electrons. The lowest BCUT2D eigenvalue weighted by Gasteiger charge is -2.32. The van der Waals surface area contributed by atoms with Crippen molar-refractivity contribution in [1.29, 1.82) is 5.41 Å². The molecule has 0 bridgehead atoms. The number of aliphatic hydroxyl groups excluding tert-OH is 1. The maximum absolute atomic E-state index is 14.1. The van der Waals surface area contributed by atoms with E-state index in [0.29, 0.717) is 24.5 Å². The molecule has 1 aromatic heterocycles. The van der Waals surface area contributed by atoms with E-state index in [1.165, 1.54) is 18.3 Å². The fraction of sp³-hybridized carbons (Fsp3) is 0.303.